The van der Waals surface area contributed by atoms with Crippen LogP contribution >= 0.6 is 0 Å². The number of hydrogen-bond donors (Lipinski definition) is 2. The Balaban J connectivity index is 1.86. The molecule has 2 aromatic rings. The Hall–Kier alpha value is -2.10. The Bertz CT molecular complexity index is 595. The predicted molar refractivity (Wildman–Crippen MR) is 82.6 cm³/mol. The molecule has 0 saturated heterocycles. The molecule has 0 amide bonds. The fourth-order valence-corrected chi connectivity index (χ4v) is 2.74. The quantitative estimate of drug-likeness (QED) is 0.890. The summed E-state index contributed by atoms with van der Waals surface area (Å²) in [5.74, 6) is 1.70. The Kier molecular flexibility index (Phi) is 3.81. The standard InChI is InChI=1S/C16H20N4/c1-2-17-15-10-16(19-11-18-15)20-14-9-5-7-12-6-3-4-8-13(12)14/h5,7,9-11H,2-4,6,8H2,1H3,(H2,17,18,19,20). The Morgan fingerprint density at radius 2 is 1.95 bits per heavy atom. The van der Waals surface area contributed by atoms with Gasteiger partial charge in [-0.05, 0) is 49.8 Å². The molecule has 1 aliphatic carbocycles. The summed E-state index contributed by atoms with van der Waals surface area (Å²) in [5, 5.41) is 6.64. The normalized spacial score (nSPS) is 13.7. The topological polar surface area (TPSA) is 49.8 Å². The van der Waals surface area contributed by atoms with Crippen molar-refractivity contribution < 1.29 is 0 Å². The van der Waals surface area contributed by atoms with Gasteiger partial charge in [-0.2, -0.15) is 0 Å². The van der Waals surface area contributed by atoms with E-state index in [0.29, 0.717) is 0 Å². The third kappa shape index (κ3) is 2.74. The van der Waals surface area contributed by atoms with Crippen LogP contribution in [0, 0.1) is 0 Å². The van der Waals surface area contributed by atoms with E-state index in [9.17, 15) is 0 Å². The fourth-order valence-electron chi connectivity index (χ4n) is 2.74. The van der Waals surface area contributed by atoms with Gasteiger partial charge in [0.05, 0.1) is 0 Å². The minimum Gasteiger partial charge on any atom is -0.370 e. The van der Waals surface area contributed by atoms with Gasteiger partial charge in [-0.25, -0.2) is 9.97 Å². The minimum absolute atomic E-state index is 0.843. The van der Waals surface area contributed by atoms with Gasteiger partial charge in [-0.1, -0.05) is 12.1 Å². The van der Waals surface area contributed by atoms with Crippen molar-refractivity contribution in [3.05, 3.63) is 41.7 Å². The fraction of sp³-hybridized carbons (Fsp3) is 0.375. The molecular weight excluding hydrogens is 248 g/mol. The van der Waals surface area contributed by atoms with Crippen LogP contribution in [-0.4, -0.2) is 16.5 Å². The second-order valence-electron chi connectivity index (χ2n) is 5.09. The Morgan fingerprint density at radius 3 is 2.85 bits per heavy atom. The molecule has 1 aromatic heterocycles. The van der Waals surface area contributed by atoms with Gasteiger partial charge in [0, 0.05) is 18.3 Å². The molecular formula is C16H20N4. The second-order valence-corrected chi connectivity index (χ2v) is 5.09. The highest BCUT2D eigenvalue weighted by Gasteiger charge is 2.13. The zero-order valence-corrected chi connectivity index (χ0v) is 11.8. The molecule has 0 saturated carbocycles. The van der Waals surface area contributed by atoms with Crippen molar-refractivity contribution in [3.8, 4) is 0 Å². The summed E-state index contributed by atoms with van der Waals surface area (Å²) in [4.78, 5) is 8.50. The van der Waals surface area contributed by atoms with Crippen LogP contribution in [0.2, 0.25) is 0 Å². The molecule has 4 nitrogen and oxygen atoms in total. The first kappa shape index (κ1) is 12.9. The summed E-state index contributed by atoms with van der Waals surface area (Å²) < 4.78 is 0. The molecule has 1 aliphatic rings. The molecule has 104 valence electrons. The molecule has 0 bridgehead atoms. The maximum absolute atomic E-state index is 4.30. The number of anilines is 3. The van der Waals surface area contributed by atoms with Gasteiger partial charge in [0.15, 0.2) is 0 Å². The van der Waals surface area contributed by atoms with Crippen molar-refractivity contribution in [2.75, 3.05) is 17.2 Å². The van der Waals surface area contributed by atoms with Crippen LogP contribution in [0.15, 0.2) is 30.6 Å². The molecule has 0 atom stereocenters. The third-order valence-corrected chi connectivity index (χ3v) is 3.68. The number of rotatable bonds is 4. The molecule has 2 N–H and O–H groups in total. The predicted octanol–water partition coefficient (Wildman–Crippen LogP) is 3.53. The summed E-state index contributed by atoms with van der Waals surface area (Å²) in [5.41, 5.74) is 4.10. The summed E-state index contributed by atoms with van der Waals surface area (Å²) in [6, 6.07) is 8.45. The van der Waals surface area contributed by atoms with Crippen molar-refractivity contribution in [1.29, 1.82) is 0 Å². The van der Waals surface area contributed by atoms with E-state index >= 15 is 0 Å². The Morgan fingerprint density at radius 1 is 1.10 bits per heavy atom. The molecule has 20 heavy (non-hydrogen) atoms. The first-order chi connectivity index (χ1) is 9.86. The van der Waals surface area contributed by atoms with E-state index in [0.717, 1.165) is 24.6 Å². The lowest BCUT2D eigenvalue weighted by molar-refractivity contribution is 0.687. The van der Waals surface area contributed by atoms with Crippen LogP contribution in [-0.2, 0) is 12.8 Å². The SMILES string of the molecule is CCNc1cc(Nc2cccc3c2CCCC3)ncn1. The van der Waals surface area contributed by atoms with E-state index in [1.807, 2.05) is 6.07 Å². The summed E-state index contributed by atoms with van der Waals surface area (Å²) in [7, 11) is 0. The second kappa shape index (κ2) is 5.90. The highest BCUT2D eigenvalue weighted by molar-refractivity contribution is 5.64. The molecule has 1 aromatic carbocycles. The highest BCUT2D eigenvalue weighted by Crippen LogP contribution is 2.29. The van der Waals surface area contributed by atoms with E-state index in [2.05, 4.69) is 45.7 Å². The summed E-state index contributed by atoms with van der Waals surface area (Å²) >= 11 is 0. The van der Waals surface area contributed by atoms with E-state index in [1.54, 1.807) is 6.33 Å². The highest BCUT2D eigenvalue weighted by atomic mass is 15.1. The molecule has 0 unspecified atom stereocenters. The number of benzene rings is 1. The summed E-state index contributed by atoms with van der Waals surface area (Å²) in [6.07, 6.45) is 6.52. The zero-order chi connectivity index (χ0) is 13.8. The van der Waals surface area contributed by atoms with Gasteiger partial charge in [0.25, 0.3) is 0 Å². The minimum atomic E-state index is 0.843. The first-order valence-electron chi connectivity index (χ1n) is 7.30. The van der Waals surface area contributed by atoms with Gasteiger partial charge >= 0.3 is 0 Å². The number of nitrogens with one attached hydrogen (secondary N) is 2. The summed E-state index contributed by atoms with van der Waals surface area (Å²) in [6.45, 7) is 2.92. The van der Waals surface area contributed by atoms with Gasteiger partial charge in [0.1, 0.15) is 18.0 Å². The van der Waals surface area contributed by atoms with Crippen molar-refractivity contribution in [2.45, 2.75) is 32.6 Å². The van der Waals surface area contributed by atoms with Crippen LogP contribution in [0.4, 0.5) is 17.3 Å². The van der Waals surface area contributed by atoms with Gasteiger partial charge < -0.3 is 10.6 Å². The first-order valence-corrected chi connectivity index (χ1v) is 7.30. The monoisotopic (exact) mass is 268 g/mol. The van der Waals surface area contributed by atoms with Gasteiger partial charge in [-0.15, -0.1) is 0 Å². The largest absolute Gasteiger partial charge is 0.370 e. The maximum atomic E-state index is 4.30. The third-order valence-electron chi connectivity index (χ3n) is 3.68. The van der Waals surface area contributed by atoms with E-state index in [-0.39, 0.29) is 0 Å². The number of hydrogen-bond acceptors (Lipinski definition) is 4. The molecule has 4 heteroatoms. The van der Waals surface area contributed by atoms with Gasteiger partial charge in [-0.3, -0.25) is 0 Å². The Labute approximate surface area is 119 Å². The van der Waals surface area contributed by atoms with Crippen LogP contribution < -0.4 is 10.6 Å². The molecule has 0 fully saturated rings. The van der Waals surface area contributed by atoms with Crippen LogP contribution in [0.5, 0.6) is 0 Å². The number of nitrogens with zero attached hydrogens (tertiary/aromatic N) is 2. The number of fused-ring (bicyclic) bond motifs is 1. The van der Waals surface area contributed by atoms with Crippen molar-refractivity contribution >= 4 is 17.3 Å². The molecule has 0 radical (unpaired) electrons. The molecule has 3 rings (SSSR count). The molecule has 0 spiro atoms. The van der Waals surface area contributed by atoms with Crippen LogP contribution in [0.1, 0.15) is 30.9 Å². The van der Waals surface area contributed by atoms with Crippen molar-refractivity contribution in [3.63, 3.8) is 0 Å². The van der Waals surface area contributed by atoms with E-state index < -0.39 is 0 Å². The molecule has 1 heterocycles. The lowest BCUT2D eigenvalue weighted by atomic mass is 9.90. The van der Waals surface area contributed by atoms with Crippen molar-refractivity contribution in [1.82, 2.24) is 9.97 Å². The lowest BCUT2D eigenvalue weighted by Crippen LogP contribution is -2.07. The smallest absolute Gasteiger partial charge is 0.135 e. The van der Waals surface area contributed by atoms with Crippen molar-refractivity contribution in [2.24, 2.45) is 0 Å². The average Bonchev–Trinajstić information content (AvgIpc) is 2.48. The van der Waals surface area contributed by atoms with E-state index in [4.69, 9.17) is 0 Å². The van der Waals surface area contributed by atoms with E-state index in [1.165, 1.54) is 36.1 Å². The average molecular weight is 268 g/mol. The lowest BCUT2D eigenvalue weighted by Gasteiger charge is -2.20. The number of aromatic nitrogens is 2. The van der Waals surface area contributed by atoms with Crippen LogP contribution in [0.25, 0.3) is 0 Å². The maximum Gasteiger partial charge on any atom is 0.135 e. The van der Waals surface area contributed by atoms with Gasteiger partial charge in [0.2, 0.25) is 0 Å². The molecule has 0 aliphatic heterocycles. The number of aryl methyl sites for hydroxylation is 1. The zero-order valence-electron chi connectivity index (χ0n) is 11.8. The van der Waals surface area contributed by atoms with Crippen LogP contribution in [0.3, 0.4) is 0 Å².